The monoisotopic (exact) mass is 789 g/mol. The van der Waals surface area contributed by atoms with Crippen molar-refractivity contribution in [1.29, 1.82) is 5.26 Å². The van der Waals surface area contributed by atoms with Crippen LogP contribution in [0.4, 0.5) is 17.1 Å². The van der Waals surface area contributed by atoms with Gasteiger partial charge in [0.05, 0.1) is 27.3 Å². The number of nitriles is 1. The number of imide groups is 1. The molecule has 5 aliphatic rings. The number of amides is 3. The molecule has 1 spiro atoms. The van der Waals surface area contributed by atoms with Crippen LogP contribution < -0.4 is 25.7 Å². The van der Waals surface area contributed by atoms with Gasteiger partial charge >= 0.3 is 5.69 Å². The van der Waals surface area contributed by atoms with Gasteiger partial charge in [-0.05, 0) is 92.6 Å². The molecular formula is C43H48ClN9O4. The van der Waals surface area contributed by atoms with Gasteiger partial charge in [0.15, 0.2) is 0 Å². The lowest BCUT2D eigenvalue weighted by Gasteiger charge is -2.49. The Kier molecular flexibility index (Phi) is 9.52. The molecule has 3 aromatic carbocycles. The molecule has 1 aromatic heterocycles. The van der Waals surface area contributed by atoms with E-state index in [1.807, 2.05) is 53.4 Å². The number of nitrogens with one attached hydrogen (secondary N) is 1. The van der Waals surface area contributed by atoms with E-state index in [9.17, 15) is 24.4 Å². The molecule has 1 unspecified atom stereocenters. The third-order valence-electron chi connectivity index (χ3n) is 13.4. The summed E-state index contributed by atoms with van der Waals surface area (Å²) in [4.78, 5) is 63.0. The second kappa shape index (κ2) is 14.6. The summed E-state index contributed by atoms with van der Waals surface area (Å²) in [5.74, 6) is -0.665. The highest BCUT2D eigenvalue weighted by Crippen LogP contribution is 2.46. The number of nitrogens with zero attached hydrogens (tertiary/aromatic N) is 8. The van der Waals surface area contributed by atoms with Gasteiger partial charge in [0.2, 0.25) is 11.8 Å². The van der Waals surface area contributed by atoms with Crippen molar-refractivity contribution in [2.24, 2.45) is 12.5 Å². The van der Waals surface area contributed by atoms with Crippen LogP contribution in [0.1, 0.15) is 61.0 Å². The van der Waals surface area contributed by atoms with E-state index in [1.165, 1.54) is 4.57 Å². The predicted octanol–water partition coefficient (Wildman–Crippen LogP) is 4.37. The molecule has 1 N–H and O–H groups in total. The molecule has 13 nitrogen and oxygen atoms in total. The summed E-state index contributed by atoms with van der Waals surface area (Å²) >= 11 is 6.38. The largest absolute Gasteiger partial charge is 0.371 e. The molecule has 14 heteroatoms. The molecule has 0 saturated carbocycles. The smallest absolute Gasteiger partial charge is 0.329 e. The van der Waals surface area contributed by atoms with Gasteiger partial charge in [0.25, 0.3) is 5.91 Å². The Morgan fingerprint density at radius 3 is 2.32 bits per heavy atom. The lowest BCUT2D eigenvalue weighted by atomic mass is 9.76. The molecule has 57 heavy (non-hydrogen) atoms. The van der Waals surface area contributed by atoms with Crippen LogP contribution in [0.3, 0.4) is 0 Å². The van der Waals surface area contributed by atoms with Crippen molar-refractivity contribution in [2.45, 2.75) is 57.2 Å². The molecule has 0 bridgehead atoms. The zero-order valence-corrected chi connectivity index (χ0v) is 33.2. The van der Waals surface area contributed by atoms with Crippen molar-refractivity contribution in [2.75, 3.05) is 73.6 Å². The number of carbonyl (C=O) groups excluding carboxylic acids is 3. The first-order valence-electron chi connectivity index (χ1n) is 20.2. The van der Waals surface area contributed by atoms with E-state index in [0.29, 0.717) is 47.7 Å². The summed E-state index contributed by atoms with van der Waals surface area (Å²) in [5, 5.41) is 12.2. The molecule has 5 aliphatic heterocycles. The molecule has 0 aliphatic carbocycles. The molecule has 0 radical (unpaired) electrons. The van der Waals surface area contributed by atoms with Gasteiger partial charge in [0.1, 0.15) is 12.1 Å². The lowest BCUT2D eigenvalue weighted by molar-refractivity contribution is -0.135. The fourth-order valence-electron chi connectivity index (χ4n) is 10.1. The average molecular weight is 790 g/mol. The lowest BCUT2D eigenvalue weighted by Crippen LogP contribution is -2.63. The summed E-state index contributed by atoms with van der Waals surface area (Å²) < 4.78 is 3.15. The molecule has 3 amide bonds. The van der Waals surface area contributed by atoms with Crippen molar-refractivity contribution in [1.82, 2.24) is 24.3 Å². The molecule has 5 saturated heterocycles. The Balaban J connectivity index is 0.769. The third kappa shape index (κ3) is 6.62. The minimum Gasteiger partial charge on any atom is -0.371 e. The first kappa shape index (κ1) is 37.3. The Labute approximate surface area is 336 Å². The number of hydrogen-bond donors (Lipinski definition) is 1. The van der Waals surface area contributed by atoms with Gasteiger partial charge in [-0.3, -0.25) is 33.7 Å². The van der Waals surface area contributed by atoms with Gasteiger partial charge in [-0.1, -0.05) is 17.7 Å². The molecule has 2 atom stereocenters. The maximum atomic E-state index is 13.6. The topological polar surface area (TPSA) is 130 Å². The number of anilines is 3. The number of fused-ring (bicyclic) bond motifs is 1. The second-order valence-electron chi connectivity index (χ2n) is 16.7. The van der Waals surface area contributed by atoms with Crippen molar-refractivity contribution in [3.63, 3.8) is 0 Å². The number of hydrogen-bond acceptors (Lipinski definition) is 9. The summed E-state index contributed by atoms with van der Waals surface area (Å²) in [7, 11) is 1.74. The number of aryl methyl sites for hydroxylation is 1. The predicted molar refractivity (Wildman–Crippen MR) is 220 cm³/mol. The van der Waals surface area contributed by atoms with Crippen LogP contribution in [0.25, 0.3) is 11.0 Å². The Hall–Kier alpha value is -5.32. The van der Waals surface area contributed by atoms with Gasteiger partial charge in [-0.2, -0.15) is 5.26 Å². The number of para-hydroxylation sites is 1. The minimum atomic E-state index is -0.713. The zero-order valence-electron chi connectivity index (χ0n) is 32.5. The molecule has 4 aromatic rings. The Bertz CT molecular complexity index is 2340. The molecule has 5 fully saturated rings. The van der Waals surface area contributed by atoms with Crippen LogP contribution in [0.15, 0.2) is 65.5 Å². The summed E-state index contributed by atoms with van der Waals surface area (Å²) in [6, 6.07) is 21.9. The average Bonchev–Trinajstić information content (AvgIpc) is 3.66. The van der Waals surface area contributed by atoms with Crippen molar-refractivity contribution < 1.29 is 14.4 Å². The van der Waals surface area contributed by atoms with Gasteiger partial charge in [-0.25, -0.2) is 4.79 Å². The van der Waals surface area contributed by atoms with Gasteiger partial charge < -0.3 is 19.6 Å². The van der Waals surface area contributed by atoms with Crippen molar-refractivity contribution in [3.05, 3.63) is 87.3 Å². The number of aromatic nitrogens is 2. The first-order valence-corrected chi connectivity index (χ1v) is 20.5. The van der Waals surface area contributed by atoms with Crippen LogP contribution in [0.5, 0.6) is 0 Å². The minimum absolute atomic E-state index is 0.0742. The van der Waals surface area contributed by atoms with Crippen molar-refractivity contribution in [3.8, 4) is 6.07 Å². The standard InChI is InChI=1S/C43H48ClN9O4/c1-28-23-43(27-52(28)32-11-8-30(24-45)34(44)22-32)14-16-48(17-15-43)31-9-6-29(7-10-31)41(56)50-20-18-49(19-21-50)33-25-51(26-33)35-4-3-5-36-39(35)47(2)42(57)53(36)37-12-13-38(54)46-40(37)55/h3-11,22,28,33,37H,12-21,23,25-27H2,1-2H3,(H,46,54,55)/t28-,37?/m0/s1. The summed E-state index contributed by atoms with van der Waals surface area (Å²) in [5.41, 5.74) is 5.91. The van der Waals surface area contributed by atoms with Gasteiger partial charge in [-0.15, -0.1) is 0 Å². The van der Waals surface area contributed by atoms with Crippen molar-refractivity contribution >= 4 is 57.4 Å². The van der Waals surface area contributed by atoms with Crippen LogP contribution in [0, 0.1) is 16.7 Å². The third-order valence-corrected chi connectivity index (χ3v) is 13.7. The number of imidazole rings is 1. The van der Waals surface area contributed by atoms with E-state index in [-0.39, 0.29) is 29.3 Å². The SMILES string of the molecule is C[C@H]1CC2(CCN(c3ccc(C(=O)N4CCN(C5CN(c6cccc7c6n(C)c(=O)n7C6CCC(=O)NC6=O)C5)CC4)cc3)CC2)CN1c1ccc(C#N)c(Cl)c1. The summed E-state index contributed by atoms with van der Waals surface area (Å²) in [6.07, 6.45) is 3.86. The van der Waals surface area contributed by atoms with Crippen LogP contribution in [-0.4, -0.2) is 108 Å². The highest BCUT2D eigenvalue weighted by Gasteiger charge is 2.44. The Morgan fingerprint density at radius 2 is 1.63 bits per heavy atom. The fraction of sp³-hybridized carbons (Fsp3) is 0.465. The maximum Gasteiger partial charge on any atom is 0.329 e. The number of benzene rings is 3. The number of rotatable bonds is 6. The van der Waals surface area contributed by atoms with Crippen LogP contribution in [0.2, 0.25) is 5.02 Å². The van der Waals surface area contributed by atoms with E-state index >= 15 is 0 Å². The van der Waals surface area contributed by atoms with E-state index in [0.717, 1.165) is 93.2 Å². The number of halogens is 1. The number of carbonyl (C=O) groups is 3. The number of piperidine rings is 2. The van der Waals surface area contributed by atoms with E-state index in [2.05, 4.69) is 50.0 Å². The number of piperazine rings is 1. The molecule has 6 heterocycles. The molecule has 296 valence electrons. The highest BCUT2D eigenvalue weighted by molar-refractivity contribution is 6.32. The summed E-state index contributed by atoms with van der Waals surface area (Å²) in [6.45, 7) is 9.82. The quantitative estimate of drug-likeness (QED) is 0.283. The van der Waals surface area contributed by atoms with Crippen LogP contribution in [-0.2, 0) is 16.6 Å². The maximum absolute atomic E-state index is 13.6. The Morgan fingerprint density at radius 1 is 0.912 bits per heavy atom. The van der Waals surface area contributed by atoms with Gasteiger partial charge in [0, 0.05) is 101 Å². The molecular weight excluding hydrogens is 742 g/mol. The normalized spacial score (nSPS) is 22.9. The second-order valence-corrected chi connectivity index (χ2v) is 17.1. The highest BCUT2D eigenvalue weighted by atomic mass is 35.5. The first-order chi connectivity index (χ1) is 27.5. The fourth-order valence-corrected chi connectivity index (χ4v) is 10.3. The van der Waals surface area contributed by atoms with E-state index in [4.69, 9.17) is 11.6 Å². The van der Waals surface area contributed by atoms with Crippen LogP contribution >= 0.6 is 11.6 Å². The molecule has 9 rings (SSSR count). The zero-order chi connectivity index (χ0) is 39.6. The van der Waals surface area contributed by atoms with E-state index < -0.39 is 11.9 Å². The van der Waals surface area contributed by atoms with E-state index in [1.54, 1.807) is 11.6 Å².